The molecule has 1 fully saturated rings. The molecule has 0 saturated carbocycles. The number of carbonyl (C=O) groups is 1. The first-order valence-electron chi connectivity index (χ1n) is 10.2. The van der Waals surface area contributed by atoms with E-state index < -0.39 is 6.10 Å². The van der Waals surface area contributed by atoms with Crippen LogP contribution in [0.4, 0.5) is 0 Å². The topological polar surface area (TPSA) is 48.0 Å². The van der Waals surface area contributed by atoms with Crippen molar-refractivity contribution in [3.8, 4) is 17.2 Å². The first-order chi connectivity index (χ1) is 15.5. The number of carbonyl (C=O) groups excluding carboxylic acids is 1. The third-order valence-corrected chi connectivity index (χ3v) is 6.38. The second kappa shape index (κ2) is 9.72. The molecular formula is C25H23Cl2NO4. The van der Waals surface area contributed by atoms with Crippen LogP contribution in [0.25, 0.3) is 0 Å². The third-order valence-electron chi connectivity index (χ3n) is 5.54. The van der Waals surface area contributed by atoms with Crippen LogP contribution in [0.1, 0.15) is 17.2 Å². The van der Waals surface area contributed by atoms with Gasteiger partial charge in [-0.15, -0.1) is 0 Å². The lowest BCUT2D eigenvalue weighted by atomic mass is 9.89. The number of nitrogens with zero attached hydrogens (tertiary/aromatic N) is 1. The van der Waals surface area contributed by atoms with Crippen LogP contribution in [-0.4, -0.2) is 37.7 Å². The average Bonchev–Trinajstić information content (AvgIpc) is 2.83. The van der Waals surface area contributed by atoms with Crippen molar-refractivity contribution in [3.05, 3.63) is 87.9 Å². The van der Waals surface area contributed by atoms with Gasteiger partial charge in [0.1, 0.15) is 11.8 Å². The summed E-state index contributed by atoms with van der Waals surface area (Å²) >= 11 is 12.8. The zero-order chi connectivity index (χ0) is 22.7. The van der Waals surface area contributed by atoms with Crippen molar-refractivity contribution in [2.24, 2.45) is 0 Å². The van der Waals surface area contributed by atoms with Gasteiger partial charge in [-0.2, -0.15) is 0 Å². The smallest absolute Gasteiger partial charge is 0.266 e. The molecular weight excluding hydrogens is 449 g/mol. The van der Waals surface area contributed by atoms with Crippen LogP contribution in [0.15, 0.2) is 66.7 Å². The van der Waals surface area contributed by atoms with E-state index >= 15 is 0 Å². The highest BCUT2D eigenvalue weighted by molar-refractivity contribution is 6.42. The van der Waals surface area contributed by atoms with E-state index in [4.69, 9.17) is 37.4 Å². The van der Waals surface area contributed by atoms with Crippen molar-refractivity contribution in [1.82, 2.24) is 4.90 Å². The standard InChI is InChI=1S/C25H23Cl2NO4/c1-30-20-12-11-16(15-21(20)31-2)13-14-28-23(18-9-6-10-19(26)22(18)27)24(25(28)29)32-17-7-4-3-5-8-17/h3-12,15,23-24H,13-14H2,1-2H3. The fraction of sp³-hybridized carbons (Fsp3) is 0.240. The summed E-state index contributed by atoms with van der Waals surface area (Å²) in [5.74, 6) is 1.86. The van der Waals surface area contributed by atoms with Crippen molar-refractivity contribution >= 4 is 29.1 Å². The molecule has 0 spiro atoms. The van der Waals surface area contributed by atoms with Gasteiger partial charge in [0.2, 0.25) is 6.10 Å². The van der Waals surface area contributed by atoms with Gasteiger partial charge in [0.15, 0.2) is 11.5 Å². The maximum Gasteiger partial charge on any atom is 0.266 e. The summed E-state index contributed by atoms with van der Waals surface area (Å²) in [6.07, 6.45) is -0.0301. The summed E-state index contributed by atoms with van der Waals surface area (Å²) in [4.78, 5) is 14.9. The van der Waals surface area contributed by atoms with E-state index in [0.717, 1.165) is 11.1 Å². The second-order valence-corrected chi connectivity index (χ2v) is 8.20. The molecule has 0 aliphatic carbocycles. The average molecular weight is 472 g/mol. The molecule has 166 valence electrons. The molecule has 32 heavy (non-hydrogen) atoms. The predicted octanol–water partition coefficient (Wildman–Crippen LogP) is 5.58. The minimum atomic E-state index is -0.668. The van der Waals surface area contributed by atoms with Crippen molar-refractivity contribution in [1.29, 1.82) is 0 Å². The fourth-order valence-corrected chi connectivity index (χ4v) is 4.31. The van der Waals surface area contributed by atoms with Gasteiger partial charge in [0.05, 0.1) is 24.3 Å². The van der Waals surface area contributed by atoms with Gasteiger partial charge in [-0.1, -0.05) is 59.6 Å². The highest BCUT2D eigenvalue weighted by Gasteiger charge is 2.50. The molecule has 2 atom stereocenters. The van der Waals surface area contributed by atoms with Crippen LogP contribution in [0.3, 0.4) is 0 Å². The number of hydrogen-bond acceptors (Lipinski definition) is 4. The second-order valence-electron chi connectivity index (χ2n) is 7.41. The van der Waals surface area contributed by atoms with Gasteiger partial charge in [0, 0.05) is 6.54 Å². The summed E-state index contributed by atoms with van der Waals surface area (Å²) < 4.78 is 16.7. The fourth-order valence-electron chi connectivity index (χ4n) is 3.89. The summed E-state index contributed by atoms with van der Waals surface area (Å²) in [6, 6.07) is 20.1. The number of methoxy groups -OCH3 is 2. The molecule has 0 N–H and O–H groups in total. The number of hydrogen-bond donors (Lipinski definition) is 0. The zero-order valence-corrected chi connectivity index (χ0v) is 19.3. The van der Waals surface area contributed by atoms with Crippen LogP contribution < -0.4 is 14.2 Å². The molecule has 1 aliphatic rings. The van der Waals surface area contributed by atoms with E-state index in [-0.39, 0.29) is 11.9 Å². The molecule has 3 aromatic rings. The molecule has 0 aromatic heterocycles. The Morgan fingerprint density at radius 3 is 2.38 bits per heavy atom. The van der Waals surface area contributed by atoms with Crippen molar-refractivity contribution in [3.63, 3.8) is 0 Å². The van der Waals surface area contributed by atoms with Gasteiger partial charge >= 0.3 is 0 Å². The van der Waals surface area contributed by atoms with E-state index in [0.29, 0.717) is 40.3 Å². The van der Waals surface area contributed by atoms with Crippen molar-refractivity contribution < 1.29 is 19.0 Å². The van der Waals surface area contributed by atoms with E-state index in [1.807, 2.05) is 60.7 Å². The van der Waals surface area contributed by atoms with Crippen LogP contribution in [-0.2, 0) is 11.2 Å². The van der Waals surface area contributed by atoms with Gasteiger partial charge in [-0.25, -0.2) is 0 Å². The number of benzene rings is 3. The molecule has 7 heteroatoms. The Balaban J connectivity index is 1.57. The molecule has 0 radical (unpaired) electrons. The molecule has 1 saturated heterocycles. The van der Waals surface area contributed by atoms with E-state index in [1.54, 1.807) is 25.2 Å². The summed E-state index contributed by atoms with van der Waals surface area (Å²) in [7, 11) is 3.20. The number of β-lactam (4-membered cyclic amide) rings is 1. The quantitative estimate of drug-likeness (QED) is 0.402. The Labute approximate surface area is 197 Å². The van der Waals surface area contributed by atoms with Crippen LogP contribution in [0.2, 0.25) is 10.0 Å². The number of likely N-dealkylation sites (tertiary alicyclic amines) is 1. The Bertz CT molecular complexity index is 1110. The number of halogens is 2. The van der Waals surface area contributed by atoms with Gasteiger partial charge in [-0.05, 0) is 47.9 Å². The molecule has 1 heterocycles. The first-order valence-corrected chi connectivity index (χ1v) is 11.0. The molecule has 3 aromatic carbocycles. The number of para-hydroxylation sites is 1. The van der Waals surface area contributed by atoms with Crippen LogP contribution >= 0.6 is 23.2 Å². The lowest BCUT2D eigenvalue weighted by molar-refractivity contribution is -0.164. The molecule has 0 bridgehead atoms. The van der Waals surface area contributed by atoms with Crippen LogP contribution in [0, 0.1) is 0 Å². The van der Waals surface area contributed by atoms with E-state index in [9.17, 15) is 4.79 Å². The lowest BCUT2D eigenvalue weighted by Crippen LogP contribution is -2.61. The van der Waals surface area contributed by atoms with Gasteiger partial charge < -0.3 is 19.1 Å². The van der Waals surface area contributed by atoms with Crippen molar-refractivity contribution in [2.75, 3.05) is 20.8 Å². The number of amides is 1. The van der Waals surface area contributed by atoms with E-state index in [1.165, 1.54) is 0 Å². The van der Waals surface area contributed by atoms with Crippen molar-refractivity contribution in [2.45, 2.75) is 18.6 Å². The highest BCUT2D eigenvalue weighted by atomic mass is 35.5. The molecule has 5 nitrogen and oxygen atoms in total. The minimum Gasteiger partial charge on any atom is -0.493 e. The SMILES string of the molecule is COc1ccc(CCN2C(=O)C(Oc3ccccc3)C2c2cccc(Cl)c2Cl)cc1OC. The molecule has 4 rings (SSSR count). The minimum absolute atomic E-state index is 0.0876. The summed E-state index contributed by atoms with van der Waals surface area (Å²) in [5.41, 5.74) is 1.80. The molecule has 1 aliphatic heterocycles. The van der Waals surface area contributed by atoms with Crippen LogP contribution in [0.5, 0.6) is 17.2 Å². The third kappa shape index (κ3) is 4.36. The lowest BCUT2D eigenvalue weighted by Gasteiger charge is -2.47. The molecule has 2 unspecified atom stereocenters. The Kier molecular flexibility index (Phi) is 6.77. The Hall–Kier alpha value is -2.89. The normalized spacial score (nSPS) is 17.6. The monoisotopic (exact) mass is 471 g/mol. The maximum atomic E-state index is 13.1. The maximum absolute atomic E-state index is 13.1. The van der Waals surface area contributed by atoms with Gasteiger partial charge in [0.25, 0.3) is 5.91 Å². The Morgan fingerprint density at radius 2 is 1.66 bits per heavy atom. The first kappa shape index (κ1) is 22.3. The predicted molar refractivity (Wildman–Crippen MR) is 125 cm³/mol. The largest absolute Gasteiger partial charge is 0.493 e. The van der Waals surface area contributed by atoms with E-state index in [2.05, 4.69) is 0 Å². The number of rotatable bonds is 8. The highest BCUT2D eigenvalue weighted by Crippen LogP contribution is 2.42. The summed E-state index contributed by atoms with van der Waals surface area (Å²) in [6.45, 7) is 0.497. The number of ether oxygens (including phenoxy) is 3. The van der Waals surface area contributed by atoms with Gasteiger partial charge in [-0.3, -0.25) is 4.79 Å². The zero-order valence-electron chi connectivity index (χ0n) is 17.8. The summed E-state index contributed by atoms with van der Waals surface area (Å²) in [5, 5.41) is 0.881. The Morgan fingerprint density at radius 1 is 0.906 bits per heavy atom. The molecule has 1 amide bonds.